The highest BCUT2D eigenvalue weighted by molar-refractivity contribution is 6.07. The highest BCUT2D eigenvalue weighted by Crippen LogP contribution is 2.30. The van der Waals surface area contributed by atoms with Gasteiger partial charge in [-0.25, -0.2) is 14.8 Å². The molecule has 0 spiro atoms. The maximum Gasteiger partial charge on any atom is 0.330 e. The molecule has 0 atom stereocenters. The number of hydrogen-bond donors (Lipinski definition) is 0. The Morgan fingerprint density at radius 2 is 1.68 bits per heavy atom. The van der Waals surface area contributed by atoms with Crippen molar-refractivity contribution >= 4 is 45.1 Å². The number of aryl methyl sites for hydroxylation is 1. The van der Waals surface area contributed by atoms with Gasteiger partial charge in [-0.2, -0.15) is 0 Å². The highest BCUT2D eigenvalue weighted by atomic mass is 16.5. The number of ether oxygens (including phenoxy) is 1. The first-order valence-corrected chi connectivity index (χ1v) is 10.2. The van der Waals surface area contributed by atoms with Crippen molar-refractivity contribution < 1.29 is 9.53 Å². The van der Waals surface area contributed by atoms with E-state index < -0.39 is 0 Å². The van der Waals surface area contributed by atoms with E-state index in [9.17, 15) is 4.79 Å². The number of fused-ring (bicyclic) bond motifs is 4. The molecule has 0 fully saturated rings. The molecule has 0 saturated heterocycles. The number of esters is 1. The lowest BCUT2D eigenvalue weighted by Gasteiger charge is -2.09. The average Bonchev–Trinajstić information content (AvgIpc) is 3.11. The van der Waals surface area contributed by atoms with Crippen LogP contribution in [-0.4, -0.2) is 27.1 Å². The molecule has 0 aliphatic heterocycles. The van der Waals surface area contributed by atoms with Crippen LogP contribution in [0, 0.1) is 6.92 Å². The fourth-order valence-electron chi connectivity index (χ4n) is 3.91. The molecule has 152 valence electrons. The molecule has 0 unspecified atom stereocenters. The van der Waals surface area contributed by atoms with Crippen LogP contribution in [0.4, 0.5) is 0 Å². The number of para-hydroxylation sites is 3. The Morgan fingerprint density at radius 1 is 0.935 bits per heavy atom. The molecule has 0 bridgehead atoms. The van der Waals surface area contributed by atoms with Gasteiger partial charge >= 0.3 is 5.97 Å². The number of nitrogens with zero attached hydrogens (tertiary/aromatic N) is 3. The first-order chi connectivity index (χ1) is 15.2. The van der Waals surface area contributed by atoms with Crippen molar-refractivity contribution in [2.45, 2.75) is 13.5 Å². The second-order valence-electron chi connectivity index (χ2n) is 7.42. The molecule has 5 aromatic rings. The fourth-order valence-corrected chi connectivity index (χ4v) is 3.91. The molecule has 2 aromatic heterocycles. The number of carbonyl (C=O) groups is 1. The van der Waals surface area contributed by atoms with Gasteiger partial charge in [0.1, 0.15) is 12.1 Å². The molecule has 0 radical (unpaired) electrons. The highest BCUT2D eigenvalue weighted by Gasteiger charge is 2.16. The molecule has 3 aromatic carbocycles. The van der Waals surface area contributed by atoms with E-state index in [4.69, 9.17) is 14.7 Å². The molecule has 5 nitrogen and oxygen atoms in total. The van der Waals surface area contributed by atoms with Gasteiger partial charge in [0.15, 0.2) is 5.65 Å². The van der Waals surface area contributed by atoms with Crippen molar-refractivity contribution in [1.82, 2.24) is 14.5 Å². The molecule has 0 N–H and O–H groups in total. The summed E-state index contributed by atoms with van der Waals surface area (Å²) in [5.41, 5.74) is 6.55. The summed E-state index contributed by atoms with van der Waals surface area (Å²) in [5.74, 6) is -0.363. The van der Waals surface area contributed by atoms with Crippen LogP contribution in [0.15, 0.2) is 78.9 Å². The summed E-state index contributed by atoms with van der Waals surface area (Å²) in [6, 6.07) is 23.7. The lowest BCUT2D eigenvalue weighted by Crippen LogP contribution is -2.10. The first kappa shape index (κ1) is 19.0. The minimum absolute atomic E-state index is 0.250. The van der Waals surface area contributed by atoms with Crippen LogP contribution in [0.1, 0.15) is 11.1 Å². The third-order valence-electron chi connectivity index (χ3n) is 5.34. The summed E-state index contributed by atoms with van der Waals surface area (Å²) < 4.78 is 7.57. The summed E-state index contributed by atoms with van der Waals surface area (Å²) in [6.07, 6.45) is 3.21. The number of aromatic nitrogens is 3. The number of rotatable bonds is 5. The number of hydrogen-bond acceptors (Lipinski definition) is 4. The Hall–Kier alpha value is -3.99. The minimum atomic E-state index is -0.363. The quantitative estimate of drug-likeness (QED) is 0.293. The monoisotopic (exact) mass is 407 g/mol. The molecule has 0 amide bonds. The van der Waals surface area contributed by atoms with Crippen LogP contribution in [0.25, 0.3) is 39.2 Å². The van der Waals surface area contributed by atoms with Gasteiger partial charge in [0.2, 0.25) is 0 Å². The summed E-state index contributed by atoms with van der Waals surface area (Å²) in [5, 5.41) is 1.06. The van der Waals surface area contributed by atoms with E-state index in [1.807, 2.05) is 60.7 Å². The third kappa shape index (κ3) is 3.66. The summed E-state index contributed by atoms with van der Waals surface area (Å²) >= 11 is 0. The zero-order valence-corrected chi connectivity index (χ0v) is 17.2. The molecule has 0 saturated carbocycles. The van der Waals surface area contributed by atoms with E-state index in [0.717, 1.165) is 44.2 Å². The topological polar surface area (TPSA) is 57.0 Å². The predicted molar refractivity (Wildman–Crippen MR) is 124 cm³/mol. The third-order valence-corrected chi connectivity index (χ3v) is 5.34. The minimum Gasteiger partial charge on any atom is -0.461 e. The smallest absolute Gasteiger partial charge is 0.330 e. The van der Waals surface area contributed by atoms with Crippen molar-refractivity contribution in [3.05, 3.63) is 90.0 Å². The Labute approximate surface area is 179 Å². The van der Waals surface area contributed by atoms with Gasteiger partial charge in [-0.3, -0.25) is 0 Å². The predicted octanol–water partition coefficient (Wildman–Crippen LogP) is 5.30. The lowest BCUT2D eigenvalue weighted by atomic mass is 10.1. The van der Waals surface area contributed by atoms with E-state index in [1.165, 1.54) is 6.08 Å². The van der Waals surface area contributed by atoms with Crippen molar-refractivity contribution in [1.29, 1.82) is 0 Å². The maximum atomic E-state index is 12.2. The maximum absolute atomic E-state index is 12.2. The van der Waals surface area contributed by atoms with Crippen LogP contribution in [0.3, 0.4) is 0 Å². The fraction of sp³-hybridized carbons (Fsp3) is 0.115. The van der Waals surface area contributed by atoms with Gasteiger partial charge in [-0.1, -0.05) is 60.7 Å². The SMILES string of the molecule is Cc1cccc2c3nc4ccccc4nc3n(CCOC(=O)C=Cc3ccccc3)c12. The molecule has 0 aliphatic carbocycles. The number of carbonyl (C=O) groups excluding carboxylic acids is 1. The van der Waals surface area contributed by atoms with Gasteiger partial charge in [-0.05, 0) is 36.3 Å². The molecule has 31 heavy (non-hydrogen) atoms. The number of benzene rings is 3. The lowest BCUT2D eigenvalue weighted by molar-refractivity contribution is -0.137. The van der Waals surface area contributed by atoms with E-state index in [-0.39, 0.29) is 12.6 Å². The summed E-state index contributed by atoms with van der Waals surface area (Å²) in [4.78, 5) is 21.9. The molecular weight excluding hydrogens is 386 g/mol. The van der Waals surface area contributed by atoms with Crippen molar-refractivity contribution in [2.24, 2.45) is 0 Å². The first-order valence-electron chi connectivity index (χ1n) is 10.2. The van der Waals surface area contributed by atoms with Crippen molar-refractivity contribution in [3.8, 4) is 0 Å². The summed E-state index contributed by atoms with van der Waals surface area (Å²) in [7, 11) is 0. The van der Waals surface area contributed by atoms with Gasteiger partial charge < -0.3 is 9.30 Å². The van der Waals surface area contributed by atoms with Crippen LogP contribution < -0.4 is 0 Å². The largest absolute Gasteiger partial charge is 0.461 e. The molecule has 0 aliphatic rings. The normalized spacial score (nSPS) is 11.6. The van der Waals surface area contributed by atoms with Gasteiger partial charge in [0, 0.05) is 11.5 Å². The average molecular weight is 407 g/mol. The van der Waals surface area contributed by atoms with E-state index in [2.05, 4.69) is 23.6 Å². The molecule has 5 rings (SSSR count). The Bertz CT molecular complexity index is 1440. The molecular formula is C26H21N3O2. The standard InChI is InChI=1S/C26H21N3O2/c1-18-8-7-11-20-24-26(28-22-13-6-5-12-21(22)27-24)29(25(18)20)16-17-31-23(30)15-14-19-9-3-2-4-10-19/h2-15H,16-17H2,1H3. The second kappa shape index (κ2) is 8.03. The molecule has 5 heteroatoms. The van der Waals surface area contributed by atoms with Gasteiger partial charge in [-0.15, -0.1) is 0 Å². The van der Waals surface area contributed by atoms with Gasteiger partial charge in [0.05, 0.1) is 23.1 Å². The van der Waals surface area contributed by atoms with Crippen LogP contribution in [-0.2, 0) is 16.1 Å². The van der Waals surface area contributed by atoms with Crippen LogP contribution in [0.2, 0.25) is 0 Å². The molecule has 2 heterocycles. The Morgan fingerprint density at radius 3 is 2.48 bits per heavy atom. The summed E-state index contributed by atoms with van der Waals surface area (Å²) in [6.45, 7) is 2.83. The Kier molecular flexibility index (Phi) is 4.92. The van der Waals surface area contributed by atoms with Gasteiger partial charge in [0.25, 0.3) is 0 Å². The van der Waals surface area contributed by atoms with E-state index in [0.29, 0.717) is 6.54 Å². The zero-order chi connectivity index (χ0) is 21.2. The second-order valence-corrected chi connectivity index (χ2v) is 7.42. The van der Waals surface area contributed by atoms with Crippen LogP contribution in [0.5, 0.6) is 0 Å². The van der Waals surface area contributed by atoms with Crippen molar-refractivity contribution in [3.63, 3.8) is 0 Å². The Balaban J connectivity index is 1.45. The van der Waals surface area contributed by atoms with Crippen molar-refractivity contribution in [2.75, 3.05) is 6.61 Å². The van der Waals surface area contributed by atoms with E-state index >= 15 is 0 Å². The zero-order valence-electron chi connectivity index (χ0n) is 17.2. The van der Waals surface area contributed by atoms with Crippen LogP contribution >= 0.6 is 0 Å². The van der Waals surface area contributed by atoms with E-state index in [1.54, 1.807) is 6.08 Å².